The van der Waals surface area contributed by atoms with Gasteiger partial charge in [0.25, 0.3) is 0 Å². The first-order valence-corrected chi connectivity index (χ1v) is 5.88. The van der Waals surface area contributed by atoms with Crippen molar-refractivity contribution in [2.45, 2.75) is 26.7 Å². The van der Waals surface area contributed by atoms with Gasteiger partial charge >= 0.3 is 0 Å². The fraction of sp³-hybridized carbons (Fsp3) is 0.750. The summed E-state index contributed by atoms with van der Waals surface area (Å²) in [6.45, 7) is 8.63. The number of nitrogens with zero attached hydrogens (tertiary/aromatic N) is 2. The normalized spacial score (nSPS) is 14.8. The minimum absolute atomic E-state index is 0.432. The molecule has 0 saturated heterocycles. The van der Waals surface area contributed by atoms with Gasteiger partial charge in [-0.05, 0) is 19.0 Å². The van der Waals surface area contributed by atoms with Crippen LogP contribution in [0.3, 0.4) is 0 Å². The van der Waals surface area contributed by atoms with Crippen LogP contribution in [0.4, 0.5) is 0 Å². The first kappa shape index (κ1) is 13.0. The Morgan fingerprint density at radius 1 is 1.50 bits per heavy atom. The van der Waals surface area contributed by atoms with Crippen molar-refractivity contribution >= 4 is 0 Å². The molecule has 0 radical (unpaired) electrons. The van der Waals surface area contributed by atoms with Crippen molar-refractivity contribution in [1.29, 1.82) is 0 Å². The van der Waals surface area contributed by atoms with Crippen LogP contribution in [0.15, 0.2) is 6.20 Å². The number of aryl methyl sites for hydroxylation is 1. The first-order valence-electron chi connectivity index (χ1n) is 5.88. The Labute approximate surface area is 98.0 Å². The van der Waals surface area contributed by atoms with E-state index in [1.165, 1.54) is 5.69 Å². The lowest BCUT2D eigenvalue weighted by atomic mass is 9.92. The van der Waals surface area contributed by atoms with Crippen LogP contribution in [0.25, 0.3) is 0 Å². The van der Waals surface area contributed by atoms with E-state index in [0.717, 1.165) is 18.8 Å². The molecule has 92 valence electrons. The zero-order valence-corrected chi connectivity index (χ0v) is 10.9. The zero-order valence-electron chi connectivity index (χ0n) is 10.9. The number of methoxy groups -OCH3 is 1. The third kappa shape index (κ3) is 2.76. The number of hydrogen-bond acceptors (Lipinski definition) is 3. The number of hydrogen-bond donors (Lipinski definition) is 1. The summed E-state index contributed by atoms with van der Waals surface area (Å²) in [5.41, 5.74) is 1.17. The molecule has 0 aliphatic rings. The van der Waals surface area contributed by atoms with Gasteiger partial charge in [0.1, 0.15) is 0 Å². The molecule has 0 aliphatic carbocycles. The van der Waals surface area contributed by atoms with Gasteiger partial charge in [0, 0.05) is 13.0 Å². The van der Waals surface area contributed by atoms with Gasteiger partial charge in [-0.15, -0.1) is 0 Å². The molecule has 1 rings (SSSR count). The van der Waals surface area contributed by atoms with Crippen LogP contribution in [0.5, 0.6) is 5.75 Å². The predicted octanol–water partition coefficient (Wildman–Crippen LogP) is 1.78. The van der Waals surface area contributed by atoms with E-state index in [1.807, 2.05) is 11.7 Å². The molecule has 0 amide bonds. The molecular weight excluding hydrogens is 202 g/mol. The van der Waals surface area contributed by atoms with Crippen molar-refractivity contribution in [3.63, 3.8) is 0 Å². The molecule has 4 heteroatoms. The lowest BCUT2D eigenvalue weighted by Gasteiger charge is -2.21. The molecule has 4 nitrogen and oxygen atoms in total. The highest BCUT2D eigenvalue weighted by Crippen LogP contribution is 2.30. The molecule has 2 unspecified atom stereocenters. The lowest BCUT2D eigenvalue weighted by molar-refractivity contribution is 0.382. The lowest BCUT2D eigenvalue weighted by Crippen LogP contribution is -2.25. The van der Waals surface area contributed by atoms with Crippen LogP contribution in [-0.4, -0.2) is 30.0 Å². The van der Waals surface area contributed by atoms with Crippen LogP contribution in [-0.2, 0) is 7.05 Å². The maximum absolute atomic E-state index is 5.34. The molecule has 1 N–H and O–H groups in total. The van der Waals surface area contributed by atoms with Crippen molar-refractivity contribution in [2.24, 2.45) is 13.0 Å². The van der Waals surface area contributed by atoms with E-state index in [-0.39, 0.29) is 0 Å². The van der Waals surface area contributed by atoms with Gasteiger partial charge in [-0.25, -0.2) is 0 Å². The molecule has 1 aromatic heterocycles. The quantitative estimate of drug-likeness (QED) is 0.802. The SMILES string of the molecule is CCNCC(C)C(C)c1c(OC)cnn1C. The minimum Gasteiger partial charge on any atom is -0.493 e. The maximum Gasteiger partial charge on any atom is 0.160 e. The van der Waals surface area contributed by atoms with E-state index in [2.05, 4.69) is 31.2 Å². The predicted molar refractivity (Wildman–Crippen MR) is 65.9 cm³/mol. The third-order valence-electron chi connectivity index (χ3n) is 3.17. The van der Waals surface area contributed by atoms with Crippen LogP contribution in [0.1, 0.15) is 32.4 Å². The Hall–Kier alpha value is -1.03. The van der Waals surface area contributed by atoms with Crippen LogP contribution in [0.2, 0.25) is 0 Å². The van der Waals surface area contributed by atoms with E-state index in [4.69, 9.17) is 4.74 Å². The second kappa shape index (κ2) is 5.89. The van der Waals surface area contributed by atoms with E-state index < -0.39 is 0 Å². The number of ether oxygens (including phenoxy) is 1. The summed E-state index contributed by atoms with van der Waals surface area (Å²) in [6.07, 6.45) is 1.78. The summed E-state index contributed by atoms with van der Waals surface area (Å²) in [5.74, 6) is 1.88. The van der Waals surface area contributed by atoms with Crippen molar-refractivity contribution in [3.8, 4) is 5.75 Å². The Balaban J connectivity index is 2.77. The van der Waals surface area contributed by atoms with E-state index in [0.29, 0.717) is 11.8 Å². The summed E-state index contributed by atoms with van der Waals surface area (Å²) in [6, 6.07) is 0. The van der Waals surface area contributed by atoms with Gasteiger partial charge in [0.2, 0.25) is 0 Å². The molecule has 0 saturated carbocycles. The van der Waals surface area contributed by atoms with Gasteiger partial charge < -0.3 is 10.1 Å². The summed E-state index contributed by atoms with van der Waals surface area (Å²) < 4.78 is 7.25. The standard InChI is InChI=1S/C12H23N3O/c1-6-13-7-9(2)10(3)12-11(16-5)8-14-15(12)4/h8-10,13H,6-7H2,1-5H3. The summed E-state index contributed by atoms with van der Waals surface area (Å²) in [7, 11) is 3.66. The van der Waals surface area contributed by atoms with E-state index in [1.54, 1.807) is 13.3 Å². The Kier molecular flexibility index (Phi) is 4.80. The zero-order chi connectivity index (χ0) is 12.1. The van der Waals surface area contributed by atoms with Gasteiger partial charge in [-0.3, -0.25) is 4.68 Å². The molecule has 0 fully saturated rings. The number of rotatable bonds is 6. The largest absolute Gasteiger partial charge is 0.493 e. The van der Waals surface area contributed by atoms with Gasteiger partial charge in [-0.2, -0.15) is 5.10 Å². The number of aromatic nitrogens is 2. The van der Waals surface area contributed by atoms with Gasteiger partial charge in [0.15, 0.2) is 5.75 Å². The highest BCUT2D eigenvalue weighted by molar-refractivity contribution is 5.28. The highest BCUT2D eigenvalue weighted by atomic mass is 16.5. The van der Waals surface area contributed by atoms with Crippen molar-refractivity contribution in [2.75, 3.05) is 20.2 Å². The fourth-order valence-electron chi connectivity index (χ4n) is 1.92. The Morgan fingerprint density at radius 2 is 2.19 bits per heavy atom. The molecule has 0 bridgehead atoms. The average Bonchev–Trinajstić information content (AvgIpc) is 2.66. The van der Waals surface area contributed by atoms with Crippen molar-refractivity contribution in [3.05, 3.63) is 11.9 Å². The van der Waals surface area contributed by atoms with E-state index in [9.17, 15) is 0 Å². The third-order valence-corrected chi connectivity index (χ3v) is 3.17. The molecule has 1 aromatic rings. The fourth-order valence-corrected chi connectivity index (χ4v) is 1.92. The molecule has 0 aliphatic heterocycles. The molecule has 0 spiro atoms. The van der Waals surface area contributed by atoms with Crippen molar-refractivity contribution < 1.29 is 4.74 Å². The molecule has 0 aromatic carbocycles. The maximum atomic E-state index is 5.34. The minimum atomic E-state index is 0.432. The van der Waals surface area contributed by atoms with Crippen molar-refractivity contribution in [1.82, 2.24) is 15.1 Å². The molecule has 2 atom stereocenters. The molecule has 16 heavy (non-hydrogen) atoms. The van der Waals surface area contributed by atoms with Gasteiger partial charge in [-0.1, -0.05) is 20.8 Å². The van der Waals surface area contributed by atoms with Crippen LogP contribution < -0.4 is 10.1 Å². The second-order valence-corrected chi connectivity index (χ2v) is 4.30. The summed E-state index contributed by atoms with van der Waals surface area (Å²) in [5, 5.41) is 7.62. The number of nitrogens with one attached hydrogen (secondary N) is 1. The molecule has 1 heterocycles. The summed E-state index contributed by atoms with van der Waals surface area (Å²) >= 11 is 0. The second-order valence-electron chi connectivity index (χ2n) is 4.30. The first-order chi connectivity index (χ1) is 7.61. The average molecular weight is 225 g/mol. The van der Waals surface area contributed by atoms with Crippen LogP contribution in [0, 0.1) is 5.92 Å². The Morgan fingerprint density at radius 3 is 2.75 bits per heavy atom. The molecular formula is C12H23N3O. The summed E-state index contributed by atoms with van der Waals surface area (Å²) in [4.78, 5) is 0. The Bertz CT molecular complexity index is 322. The smallest absolute Gasteiger partial charge is 0.160 e. The topological polar surface area (TPSA) is 39.1 Å². The van der Waals surface area contributed by atoms with E-state index >= 15 is 0 Å². The van der Waals surface area contributed by atoms with Gasteiger partial charge in [0.05, 0.1) is 19.0 Å². The van der Waals surface area contributed by atoms with Crippen LogP contribution >= 0.6 is 0 Å². The monoisotopic (exact) mass is 225 g/mol. The highest BCUT2D eigenvalue weighted by Gasteiger charge is 2.21.